The number of hydrogen-bond donors (Lipinski definition) is 1. The number of nitrogens with zero attached hydrogens (tertiary/aromatic N) is 3. The second kappa shape index (κ2) is 7.15. The van der Waals surface area contributed by atoms with Gasteiger partial charge >= 0.3 is 0 Å². The molecule has 0 saturated heterocycles. The standard InChI is InChI=1S/C21H20N4O2/c1-13-14(2)24-18-12-15(9-10-16(18)23-13)21(26)22-11-5-8-20-25-17-6-3-4-7-19(17)27-20/h3-4,6-7,9-10,12H,5,8,11H2,1-2H3,(H,22,26). The molecule has 1 N–H and O–H groups in total. The maximum Gasteiger partial charge on any atom is 0.251 e. The van der Waals surface area contributed by atoms with Crippen molar-refractivity contribution >= 4 is 28.0 Å². The molecule has 0 unspecified atom stereocenters. The zero-order valence-corrected chi connectivity index (χ0v) is 15.3. The van der Waals surface area contributed by atoms with Crippen molar-refractivity contribution in [3.05, 3.63) is 65.3 Å². The fraction of sp³-hybridized carbons (Fsp3) is 0.238. The summed E-state index contributed by atoms with van der Waals surface area (Å²) in [4.78, 5) is 25.8. The Balaban J connectivity index is 1.36. The monoisotopic (exact) mass is 360 g/mol. The van der Waals surface area contributed by atoms with Crippen LogP contribution in [0.25, 0.3) is 22.1 Å². The summed E-state index contributed by atoms with van der Waals surface area (Å²) in [6, 6.07) is 13.1. The van der Waals surface area contributed by atoms with E-state index in [0.717, 1.165) is 39.9 Å². The van der Waals surface area contributed by atoms with Crippen LogP contribution in [-0.2, 0) is 6.42 Å². The van der Waals surface area contributed by atoms with Gasteiger partial charge in [-0.15, -0.1) is 0 Å². The maximum atomic E-state index is 12.4. The van der Waals surface area contributed by atoms with E-state index in [1.807, 2.05) is 44.2 Å². The molecule has 0 bridgehead atoms. The van der Waals surface area contributed by atoms with Crippen LogP contribution in [0.5, 0.6) is 0 Å². The van der Waals surface area contributed by atoms with E-state index in [4.69, 9.17) is 4.42 Å². The van der Waals surface area contributed by atoms with Crippen LogP contribution in [0.1, 0.15) is 34.1 Å². The normalized spacial score (nSPS) is 11.2. The van der Waals surface area contributed by atoms with Gasteiger partial charge in [0.15, 0.2) is 11.5 Å². The molecular weight excluding hydrogens is 340 g/mol. The molecule has 4 rings (SSSR count). The predicted octanol–water partition coefficient (Wildman–Crippen LogP) is 3.75. The van der Waals surface area contributed by atoms with Gasteiger partial charge in [-0.25, -0.2) is 15.0 Å². The molecule has 6 nitrogen and oxygen atoms in total. The lowest BCUT2D eigenvalue weighted by Crippen LogP contribution is -2.24. The molecule has 136 valence electrons. The number of carbonyl (C=O) groups excluding carboxylic acids is 1. The fourth-order valence-corrected chi connectivity index (χ4v) is 2.94. The molecule has 0 radical (unpaired) electrons. The van der Waals surface area contributed by atoms with Crippen LogP contribution in [0.3, 0.4) is 0 Å². The van der Waals surface area contributed by atoms with E-state index in [2.05, 4.69) is 20.3 Å². The highest BCUT2D eigenvalue weighted by molar-refractivity contribution is 5.97. The molecule has 27 heavy (non-hydrogen) atoms. The van der Waals surface area contributed by atoms with Crippen LogP contribution in [-0.4, -0.2) is 27.4 Å². The van der Waals surface area contributed by atoms with Gasteiger partial charge in [-0.2, -0.15) is 0 Å². The summed E-state index contributed by atoms with van der Waals surface area (Å²) in [5.41, 5.74) is 5.54. The first-order chi connectivity index (χ1) is 13.1. The zero-order chi connectivity index (χ0) is 18.8. The van der Waals surface area contributed by atoms with Crippen molar-refractivity contribution in [2.45, 2.75) is 26.7 Å². The number of aromatic nitrogens is 3. The average Bonchev–Trinajstić information content (AvgIpc) is 3.08. The highest BCUT2D eigenvalue weighted by Crippen LogP contribution is 2.16. The van der Waals surface area contributed by atoms with Crippen LogP contribution in [0, 0.1) is 13.8 Å². The third-order valence-electron chi connectivity index (χ3n) is 4.53. The highest BCUT2D eigenvalue weighted by Gasteiger charge is 2.09. The molecule has 0 saturated carbocycles. The topological polar surface area (TPSA) is 80.9 Å². The first-order valence-electron chi connectivity index (χ1n) is 8.98. The second-order valence-electron chi connectivity index (χ2n) is 6.53. The van der Waals surface area contributed by atoms with E-state index in [1.165, 1.54) is 0 Å². The Morgan fingerprint density at radius 3 is 2.56 bits per heavy atom. The number of aryl methyl sites for hydroxylation is 3. The van der Waals surface area contributed by atoms with Gasteiger partial charge in [0.2, 0.25) is 0 Å². The number of oxazole rings is 1. The minimum absolute atomic E-state index is 0.116. The lowest BCUT2D eigenvalue weighted by Gasteiger charge is -2.06. The molecule has 0 aliphatic rings. The minimum Gasteiger partial charge on any atom is -0.441 e. The van der Waals surface area contributed by atoms with E-state index in [9.17, 15) is 4.79 Å². The molecule has 0 aliphatic carbocycles. The number of fused-ring (bicyclic) bond motifs is 2. The number of benzene rings is 2. The third-order valence-corrected chi connectivity index (χ3v) is 4.53. The lowest BCUT2D eigenvalue weighted by atomic mass is 10.1. The van der Waals surface area contributed by atoms with E-state index in [-0.39, 0.29) is 5.91 Å². The quantitative estimate of drug-likeness (QED) is 0.548. The van der Waals surface area contributed by atoms with Gasteiger partial charge in [-0.3, -0.25) is 4.79 Å². The van der Waals surface area contributed by atoms with Gasteiger partial charge in [0.1, 0.15) is 5.52 Å². The second-order valence-corrected chi connectivity index (χ2v) is 6.53. The summed E-state index contributed by atoms with van der Waals surface area (Å²) < 4.78 is 5.69. The fourth-order valence-electron chi connectivity index (χ4n) is 2.94. The average molecular weight is 360 g/mol. The van der Waals surface area contributed by atoms with E-state index < -0.39 is 0 Å². The van der Waals surface area contributed by atoms with Crippen molar-refractivity contribution in [1.29, 1.82) is 0 Å². The number of carbonyl (C=O) groups is 1. The molecule has 0 fully saturated rings. The van der Waals surface area contributed by atoms with Crippen LogP contribution in [0.15, 0.2) is 46.9 Å². The molecular formula is C21H20N4O2. The van der Waals surface area contributed by atoms with E-state index in [1.54, 1.807) is 12.1 Å². The van der Waals surface area contributed by atoms with Gasteiger partial charge in [0, 0.05) is 18.5 Å². The van der Waals surface area contributed by atoms with Crippen molar-refractivity contribution in [1.82, 2.24) is 20.3 Å². The molecule has 4 aromatic rings. The summed E-state index contributed by atoms with van der Waals surface area (Å²) in [5, 5.41) is 2.94. The van der Waals surface area contributed by atoms with Gasteiger partial charge in [0.05, 0.1) is 22.4 Å². The third kappa shape index (κ3) is 3.65. The van der Waals surface area contributed by atoms with Crippen LogP contribution in [0.4, 0.5) is 0 Å². The van der Waals surface area contributed by atoms with E-state index >= 15 is 0 Å². The first kappa shape index (κ1) is 17.1. The minimum atomic E-state index is -0.116. The molecule has 6 heteroatoms. The smallest absolute Gasteiger partial charge is 0.251 e. The number of para-hydroxylation sites is 2. The summed E-state index contributed by atoms with van der Waals surface area (Å²) in [6.07, 6.45) is 1.43. The summed E-state index contributed by atoms with van der Waals surface area (Å²) in [6.45, 7) is 4.40. The van der Waals surface area contributed by atoms with Crippen molar-refractivity contribution in [3.63, 3.8) is 0 Å². The predicted molar refractivity (Wildman–Crippen MR) is 104 cm³/mol. The summed E-state index contributed by atoms with van der Waals surface area (Å²) in [5.74, 6) is 0.576. The van der Waals surface area contributed by atoms with Crippen molar-refractivity contribution in [2.75, 3.05) is 6.54 Å². The number of nitrogens with one attached hydrogen (secondary N) is 1. The molecule has 2 heterocycles. The first-order valence-corrected chi connectivity index (χ1v) is 8.98. The molecule has 2 aromatic heterocycles. The van der Waals surface area contributed by atoms with Crippen molar-refractivity contribution in [3.8, 4) is 0 Å². The summed E-state index contributed by atoms with van der Waals surface area (Å²) in [7, 11) is 0. The van der Waals surface area contributed by atoms with Gasteiger partial charge in [0.25, 0.3) is 5.91 Å². The van der Waals surface area contributed by atoms with Gasteiger partial charge < -0.3 is 9.73 Å². The van der Waals surface area contributed by atoms with E-state index in [0.29, 0.717) is 24.4 Å². The maximum absolute atomic E-state index is 12.4. The molecule has 0 atom stereocenters. The van der Waals surface area contributed by atoms with Crippen LogP contribution >= 0.6 is 0 Å². The number of hydrogen-bond acceptors (Lipinski definition) is 5. The molecule has 0 spiro atoms. The zero-order valence-electron chi connectivity index (χ0n) is 15.3. The largest absolute Gasteiger partial charge is 0.441 e. The lowest BCUT2D eigenvalue weighted by molar-refractivity contribution is 0.0953. The Labute approximate surface area is 156 Å². The van der Waals surface area contributed by atoms with Crippen LogP contribution < -0.4 is 5.32 Å². The highest BCUT2D eigenvalue weighted by atomic mass is 16.3. The Morgan fingerprint density at radius 2 is 1.74 bits per heavy atom. The van der Waals surface area contributed by atoms with Crippen LogP contribution in [0.2, 0.25) is 0 Å². The SMILES string of the molecule is Cc1nc2ccc(C(=O)NCCCc3nc4ccccc4o3)cc2nc1C. The number of rotatable bonds is 5. The molecule has 2 aromatic carbocycles. The molecule has 0 aliphatic heterocycles. The van der Waals surface area contributed by atoms with Crippen molar-refractivity contribution < 1.29 is 9.21 Å². The Hall–Kier alpha value is -3.28. The Morgan fingerprint density at radius 1 is 0.963 bits per heavy atom. The Kier molecular flexibility index (Phi) is 4.54. The Bertz CT molecular complexity index is 1100. The van der Waals surface area contributed by atoms with Gasteiger partial charge in [-0.05, 0) is 50.6 Å². The molecule has 1 amide bonds. The number of amides is 1. The summed E-state index contributed by atoms with van der Waals surface area (Å²) >= 11 is 0. The van der Waals surface area contributed by atoms with Gasteiger partial charge in [-0.1, -0.05) is 12.1 Å². The van der Waals surface area contributed by atoms with Crippen molar-refractivity contribution in [2.24, 2.45) is 0 Å².